The summed E-state index contributed by atoms with van der Waals surface area (Å²) in [6, 6.07) is 11.9. The van der Waals surface area contributed by atoms with Gasteiger partial charge in [-0.1, -0.05) is 36.2 Å². The Morgan fingerprint density at radius 2 is 2.03 bits per heavy atom. The van der Waals surface area contributed by atoms with Gasteiger partial charge in [-0.3, -0.25) is 4.79 Å². The maximum Gasteiger partial charge on any atom is 0.316 e. The van der Waals surface area contributed by atoms with Crippen LogP contribution in [0.5, 0.6) is 6.01 Å². The van der Waals surface area contributed by atoms with Gasteiger partial charge in [0.2, 0.25) is 0 Å². The Labute approximate surface area is 214 Å². The largest absolute Gasteiger partial charge is 0.467 e. The number of rotatable bonds is 6. The number of piperidine rings is 1. The fraction of sp³-hybridized carbons (Fsp3) is 0.333. The number of fused-ring (bicyclic) bond motifs is 1. The maximum atomic E-state index is 14.0. The normalized spacial score (nSPS) is 17.8. The monoisotopic (exact) mass is 505 g/mol. The highest BCUT2D eigenvalue weighted by molar-refractivity contribution is 6.31. The second kappa shape index (κ2) is 10.1. The topological polar surface area (TPSA) is 93.4 Å². The van der Waals surface area contributed by atoms with Crippen LogP contribution in [0.3, 0.4) is 0 Å². The number of amides is 1. The Balaban J connectivity index is 1.41. The molecule has 36 heavy (non-hydrogen) atoms. The van der Waals surface area contributed by atoms with Crippen molar-refractivity contribution in [1.29, 1.82) is 0 Å². The summed E-state index contributed by atoms with van der Waals surface area (Å²) < 4.78 is 10.9. The number of ether oxygens (including phenoxy) is 1. The number of anilines is 1. The van der Waals surface area contributed by atoms with E-state index in [1.54, 1.807) is 30.6 Å². The van der Waals surface area contributed by atoms with Crippen LogP contribution < -0.4 is 10.1 Å². The summed E-state index contributed by atoms with van der Waals surface area (Å²) in [5.74, 6) is 0.304. The summed E-state index contributed by atoms with van der Waals surface area (Å²) in [6.07, 6.45) is 5.37. The first-order valence-corrected chi connectivity index (χ1v) is 12.4. The number of nitrogens with zero attached hydrogens (tertiary/aromatic N) is 4. The number of hydrogen-bond acceptors (Lipinski definition) is 7. The first-order chi connectivity index (χ1) is 17.4. The molecule has 1 aliphatic rings. The fourth-order valence-electron chi connectivity index (χ4n) is 4.78. The van der Waals surface area contributed by atoms with Crippen LogP contribution in [0.1, 0.15) is 35.7 Å². The van der Waals surface area contributed by atoms with Crippen molar-refractivity contribution in [2.75, 3.05) is 25.5 Å². The molecule has 3 heterocycles. The van der Waals surface area contributed by atoms with Crippen molar-refractivity contribution in [3.05, 3.63) is 64.9 Å². The average molecular weight is 506 g/mol. The zero-order valence-corrected chi connectivity index (χ0v) is 21.2. The van der Waals surface area contributed by atoms with Crippen LogP contribution in [0.25, 0.3) is 22.2 Å². The van der Waals surface area contributed by atoms with Gasteiger partial charge in [0, 0.05) is 41.6 Å². The number of aryl methyl sites for hydroxylation is 1. The first kappa shape index (κ1) is 24.1. The molecule has 1 saturated heterocycles. The molecule has 2 atom stereocenters. The van der Waals surface area contributed by atoms with E-state index in [0.717, 1.165) is 29.5 Å². The van der Waals surface area contributed by atoms with Crippen LogP contribution in [0.15, 0.2) is 53.2 Å². The molecule has 1 unspecified atom stereocenters. The van der Waals surface area contributed by atoms with E-state index in [4.69, 9.17) is 20.8 Å². The van der Waals surface area contributed by atoms with Crippen LogP contribution in [0.2, 0.25) is 5.02 Å². The van der Waals surface area contributed by atoms with Crippen molar-refractivity contribution in [3.63, 3.8) is 0 Å². The van der Waals surface area contributed by atoms with Crippen molar-refractivity contribution in [3.8, 4) is 17.1 Å². The van der Waals surface area contributed by atoms with Crippen molar-refractivity contribution < 1.29 is 13.9 Å². The number of carbonyl (C=O) groups excluding carboxylic acids is 1. The third-order valence-electron chi connectivity index (χ3n) is 6.72. The predicted molar refractivity (Wildman–Crippen MR) is 139 cm³/mol. The SMILES string of the molecule is COc1ncc(-c2ccc(C)cc2C(=O)N2CCCC(C)[C@H]2CNc2nc3cc(Cl)ccc3o2)cn1. The van der Waals surface area contributed by atoms with Gasteiger partial charge < -0.3 is 19.4 Å². The molecule has 2 aromatic heterocycles. The molecule has 1 N–H and O–H groups in total. The van der Waals surface area contributed by atoms with Gasteiger partial charge in [0.15, 0.2) is 5.58 Å². The molecule has 0 radical (unpaired) electrons. The van der Waals surface area contributed by atoms with E-state index in [9.17, 15) is 4.79 Å². The highest BCUT2D eigenvalue weighted by atomic mass is 35.5. The third kappa shape index (κ3) is 4.86. The molecule has 4 aromatic rings. The van der Waals surface area contributed by atoms with Gasteiger partial charge in [0.05, 0.1) is 13.2 Å². The number of nitrogens with one attached hydrogen (secondary N) is 1. The molecule has 1 aliphatic heterocycles. The van der Waals surface area contributed by atoms with Crippen LogP contribution in [-0.4, -0.2) is 52.0 Å². The summed E-state index contributed by atoms with van der Waals surface area (Å²) in [6.45, 7) is 5.39. The first-order valence-electron chi connectivity index (χ1n) is 12.0. The molecule has 0 aliphatic carbocycles. The second-order valence-electron chi connectivity index (χ2n) is 9.20. The summed E-state index contributed by atoms with van der Waals surface area (Å²) in [4.78, 5) is 28.9. The number of halogens is 1. The van der Waals surface area contributed by atoms with E-state index in [0.29, 0.717) is 46.7 Å². The summed E-state index contributed by atoms with van der Waals surface area (Å²) in [5, 5.41) is 3.92. The number of carbonyl (C=O) groups is 1. The van der Waals surface area contributed by atoms with Gasteiger partial charge in [0.25, 0.3) is 11.9 Å². The lowest BCUT2D eigenvalue weighted by Gasteiger charge is -2.40. The van der Waals surface area contributed by atoms with E-state index in [1.165, 1.54) is 7.11 Å². The van der Waals surface area contributed by atoms with Crippen LogP contribution in [-0.2, 0) is 0 Å². The van der Waals surface area contributed by atoms with Crippen LogP contribution >= 0.6 is 11.6 Å². The summed E-state index contributed by atoms with van der Waals surface area (Å²) in [7, 11) is 1.53. The number of oxazole rings is 1. The Hall–Kier alpha value is -3.65. The number of likely N-dealkylation sites (tertiary alicyclic amines) is 1. The Morgan fingerprint density at radius 3 is 2.81 bits per heavy atom. The van der Waals surface area contributed by atoms with Crippen molar-refractivity contribution in [2.45, 2.75) is 32.7 Å². The molecule has 2 aromatic carbocycles. The van der Waals surface area contributed by atoms with Crippen LogP contribution in [0.4, 0.5) is 6.01 Å². The van der Waals surface area contributed by atoms with E-state index >= 15 is 0 Å². The zero-order valence-electron chi connectivity index (χ0n) is 20.5. The number of methoxy groups -OCH3 is 1. The minimum absolute atomic E-state index is 0.00721. The Morgan fingerprint density at radius 1 is 1.22 bits per heavy atom. The molecule has 0 saturated carbocycles. The quantitative estimate of drug-likeness (QED) is 0.364. The summed E-state index contributed by atoms with van der Waals surface area (Å²) in [5.41, 5.74) is 4.58. The Kier molecular flexibility index (Phi) is 6.78. The van der Waals surface area contributed by atoms with Gasteiger partial charge in [-0.2, -0.15) is 4.98 Å². The number of hydrogen-bond donors (Lipinski definition) is 1. The van der Waals surface area contributed by atoms with Gasteiger partial charge in [0.1, 0.15) is 5.52 Å². The third-order valence-corrected chi connectivity index (χ3v) is 6.95. The van der Waals surface area contributed by atoms with E-state index in [-0.39, 0.29) is 18.0 Å². The van der Waals surface area contributed by atoms with Gasteiger partial charge in [-0.25, -0.2) is 9.97 Å². The molecule has 5 rings (SSSR count). The van der Waals surface area contributed by atoms with E-state index in [1.807, 2.05) is 30.0 Å². The lowest BCUT2D eigenvalue weighted by molar-refractivity contribution is 0.0540. The lowest BCUT2D eigenvalue weighted by atomic mass is 9.89. The minimum atomic E-state index is -0.0228. The molecule has 8 nitrogen and oxygen atoms in total. The standard InChI is InChI=1S/C27H28ClN5O3/c1-16-6-8-20(18-13-29-26(35-3)30-14-18)21(11-16)25(34)33-10-4-5-17(2)23(33)15-31-27-32-22-12-19(28)7-9-24(22)36-27/h6-9,11-14,17,23H,4-5,10,15H2,1-3H3,(H,31,32)/t17?,23-/m1/s1. The smallest absolute Gasteiger partial charge is 0.316 e. The molecule has 0 bridgehead atoms. The van der Waals surface area contributed by atoms with Crippen molar-refractivity contribution in [2.24, 2.45) is 5.92 Å². The molecule has 186 valence electrons. The molecule has 0 spiro atoms. The molecular formula is C27H28ClN5O3. The van der Waals surface area contributed by atoms with Gasteiger partial charge in [-0.05, 0) is 55.5 Å². The second-order valence-corrected chi connectivity index (χ2v) is 9.64. The highest BCUT2D eigenvalue weighted by Gasteiger charge is 2.33. The fourth-order valence-corrected chi connectivity index (χ4v) is 4.95. The minimum Gasteiger partial charge on any atom is -0.467 e. The van der Waals surface area contributed by atoms with Crippen molar-refractivity contribution in [1.82, 2.24) is 19.9 Å². The molecule has 1 amide bonds. The zero-order chi connectivity index (χ0) is 25.2. The number of aromatic nitrogens is 3. The van der Waals surface area contributed by atoms with E-state index in [2.05, 4.69) is 27.2 Å². The maximum absolute atomic E-state index is 14.0. The molecule has 1 fully saturated rings. The molecular weight excluding hydrogens is 478 g/mol. The Bertz CT molecular complexity index is 1390. The average Bonchev–Trinajstić information content (AvgIpc) is 3.29. The highest BCUT2D eigenvalue weighted by Crippen LogP contribution is 2.31. The van der Waals surface area contributed by atoms with Crippen LogP contribution in [0, 0.1) is 12.8 Å². The van der Waals surface area contributed by atoms with Crippen molar-refractivity contribution >= 4 is 34.6 Å². The van der Waals surface area contributed by atoms with Gasteiger partial charge in [-0.15, -0.1) is 0 Å². The predicted octanol–water partition coefficient (Wildman–Crippen LogP) is 5.61. The molecule has 9 heteroatoms. The lowest BCUT2D eigenvalue weighted by Crippen LogP contribution is -2.51. The van der Waals surface area contributed by atoms with E-state index < -0.39 is 0 Å². The summed E-state index contributed by atoms with van der Waals surface area (Å²) >= 11 is 6.08. The van der Waals surface area contributed by atoms with Gasteiger partial charge >= 0.3 is 6.01 Å². The number of benzene rings is 2.